The maximum Gasteiger partial charge on any atom is 0.220 e. The van der Waals surface area contributed by atoms with Crippen molar-refractivity contribution in [1.82, 2.24) is 5.32 Å². The standard InChI is InChI=1S/C17H20N2OS/c18-14-5-6-15-13(10-14)2-1-3-16(15)19-17(20)7-4-12-8-9-21-11-12/h5-6,8-11,16H,1-4,7,18H2,(H,19,20). The molecule has 110 valence electrons. The molecule has 1 amide bonds. The second-order valence-corrected chi connectivity index (χ2v) is 6.38. The fourth-order valence-electron chi connectivity index (χ4n) is 2.94. The molecule has 1 heterocycles. The summed E-state index contributed by atoms with van der Waals surface area (Å²) in [6.07, 6.45) is 4.54. The van der Waals surface area contributed by atoms with Gasteiger partial charge in [-0.25, -0.2) is 0 Å². The van der Waals surface area contributed by atoms with E-state index in [-0.39, 0.29) is 11.9 Å². The highest BCUT2D eigenvalue weighted by atomic mass is 32.1. The summed E-state index contributed by atoms with van der Waals surface area (Å²) in [5.41, 5.74) is 10.4. The largest absolute Gasteiger partial charge is 0.399 e. The number of hydrogen-bond donors (Lipinski definition) is 2. The fourth-order valence-corrected chi connectivity index (χ4v) is 3.65. The van der Waals surface area contributed by atoms with E-state index >= 15 is 0 Å². The summed E-state index contributed by atoms with van der Waals surface area (Å²) in [5, 5.41) is 7.33. The van der Waals surface area contributed by atoms with Gasteiger partial charge in [0, 0.05) is 12.1 Å². The number of carbonyl (C=O) groups is 1. The maximum absolute atomic E-state index is 12.2. The molecule has 0 saturated heterocycles. The zero-order valence-electron chi connectivity index (χ0n) is 12.0. The minimum atomic E-state index is 0.135. The molecule has 3 N–H and O–H groups in total. The Hall–Kier alpha value is -1.81. The van der Waals surface area contributed by atoms with Gasteiger partial charge in [-0.2, -0.15) is 11.3 Å². The smallest absolute Gasteiger partial charge is 0.220 e. The number of fused-ring (bicyclic) bond motifs is 1. The van der Waals surface area contributed by atoms with Crippen molar-refractivity contribution in [3.63, 3.8) is 0 Å². The van der Waals surface area contributed by atoms with E-state index in [1.165, 1.54) is 16.7 Å². The van der Waals surface area contributed by atoms with Crippen LogP contribution in [0.3, 0.4) is 0 Å². The van der Waals surface area contributed by atoms with Crippen LogP contribution in [0.2, 0.25) is 0 Å². The molecular formula is C17H20N2OS. The average molecular weight is 300 g/mol. The molecular weight excluding hydrogens is 280 g/mol. The molecule has 0 radical (unpaired) electrons. The molecule has 0 spiro atoms. The summed E-state index contributed by atoms with van der Waals surface area (Å²) in [5.74, 6) is 0.135. The van der Waals surface area contributed by atoms with Crippen molar-refractivity contribution < 1.29 is 4.79 Å². The van der Waals surface area contributed by atoms with Gasteiger partial charge in [0.1, 0.15) is 0 Å². The van der Waals surface area contributed by atoms with Crippen LogP contribution < -0.4 is 11.1 Å². The Bertz CT molecular complexity index is 622. The lowest BCUT2D eigenvalue weighted by Gasteiger charge is -2.26. The zero-order chi connectivity index (χ0) is 14.7. The number of hydrogen-bond acceptors (Lipinski definition) is 3. The first kappa shape index (κ1) is 14.1. The van der Waals surface area contributed by atoms with Gasteiger partial charge in [0.2, 0.25) is 5.91 Å². The quantitative estimate of drug-likeness (QED) is 0.850. The zero-order valence-corrected chi connectivity index (χ0v) is 12.8. The molecule has 1 aliphatic rings. The Morgan fingerprint density at radius 3 is 3.10 bits per heavy atom. The highest BCUT2D eigenvalue weighted by Gasteiger charge is 2.21. The Morgan fingerprint density at radius 2 is 2.29 bits per heavy atom. The second kappa shape index (κ2) is 6.31. The van der Waals surface area contributed by atoms with Gasteiger partial charge in [-0.05, 0) is 71.3 Å². The average Bonchev–Trinajstić information content (AvgIpc) is 2.98. The van der Waals surface area contributed by atoms with Gasteiger partial charge in [-0.3, -0.25) is 4.79 Å². The molecule has 4 heteroatoms. The lowest BCUT2D eigenvalue weighted by molar-refractivity contribution is -0.121. The first-order valence-corrected chi connectivity index (χ1v) is 8.35. The van der Waals surface area contributed by atoms with E-state index in [9.17, 15) is 4.79 Å². The third-order valence-corrected chi connectivity index (χ3v) is 4.77. The van der Waals surface area contributed by atoms with E-state index < -0.39 is 0 Å². The molecule has 2 aromatic rings. The van der Waals surface area contributed by atoms with Crippen LogP contribution >= 0.6 is 11.3 Å². The van der Waals surface area contributed by atoms with Crippen LogP contribution in [0, 0.1) is 0 Å². The van der Waals surface area contributed by atoms with Crippen LogP contribution in [0.5, 0.6) is 0 Å². The van der Waals surface area contributed by atoms with Crippen molar-refractivity contribution >= 4 is 22.9 Å². The predicted molar refractivity (Wildman–Crippen MR) is 87.3 cm³/mol. The number of carbonyl (C=O) groups excluding carboxylic acids is 1. The Labute approximate surface area is 129 Å². The van der Waals surface area contributed by atoms with Crippen LogP contribution in [0.25, 0.3) is 0 Å². The van der Waals surface area contributed by atoms with Crippen molar-refractivity contribution in [2.24, 2.45) is 0 Å². The van der Waals surface area contributed by atoms with Gasteiger partial charge in [0.15, 0.2) is 0 Å². The van der Waals surface area contributed by atoms with Crippen molar-refractivity contribution in [2.45, 2.75) is 38.1 Å². The van der Waals surface area contributed by atoms with Crippen LogP contribution in [0.1, 0.15) is 42.0 Å². The number of amides is 1. The molecule has 3 nitrogen and oxygen atoms in total. The van der Waals surface area contributed by atoms with E-state index in [0.717, 1.165) is 31.4 Å². The molecule has 0 saturated carbocycles. The minimum Gasteiger partial charge on any atom is -0.399 e. The van der Waals surface area contributed by atoms with Gasteiger partial charge in [0.25, 0.3) is 0 Å². The van der Waals surface area contributed by atoms with Crippen molar-refractivity contribution in [3.8, 4) is 0 Å². The summed E-state index contributed by atoms with van der Waals surface area (Å²) >= 11 is 1.68. The lowest BCUT2D eigenvalue weighted by atomic mass is 9.87. The fraction of sp³-hybridized carbons (Fsp3) is 0.353. The Kier molecular flexibility index (Phi) is 4.25. The van der Waals surface area contributed by atoms with Crippen LogP contribution in [0.4, 0.5) is 5.69 Å². The van der Waals surface area contributed by atoms with Gasteiger partial charge in [0.05, 0.1) is 6.04 Å². The molecule has 3 rings (SSSR count). The highest BCUT2D eigenvalue weighted by Crippen LogP contribution is 2.31. The third-order valence-electron chi connectivity index (χ3n) is 4.04. The number of rotatable bonds is 4. The van der Waals surface area contributed by atoms with E-state index in [1.54, 1.807) is 11.3 Å². The van der Waals surface area contributed by atoms with Crippen LogP contribution in [0.15, 0.2) is 35.0 Å². The van der Waals surface area contributed by atoms with Crippen molar-refractivity contribution in [2.75, 3.05) is 5.73 Å². The molecule has 1 unspecified atom stereocenters. The van der Waals surface area contributed by atoms with Gasteiger partial charge in [-0.15, -0.1) is 0 Å². The first-order valence-electron chi connectivity index (χ1n) is 7.41. The molecule has 1 aromatic carbocycles. The molecule has 0 fully saturated rings. The predicted octanol–water partition coefficient (Wildman–Crippen LogP) is 3.46. The summed E-state index contributed by atoms with van der Waals surface area (Å²) in [6, 6.07) is 8.25. The maximum atomic E-state index is 12.2. The SMILES string of the molecule is Nc1ccc2c(c1)CCCC2NC(=O)CCc1ccsc1. The Balaban J connectivity index is 1.62. The highest BCUT2D eigenvalue weighted by molar-refractivity contribution is 7.07. The molecule has 0 bridgehead atoms. The number of nitrogens with one attached hydrogen (secondary N) is 1. The van der Waals surface area contributed by atoms with Crippen LogP contribution in [-0.2, 0) is 17.6 Å². The number of benzene rings is 1. The summed E-state index contributed by atoms with van der Waals surface area (Å²) < 4.78 is 0. The summed E-state index contributed by atoms with van der Waals surface area (Å²) in [4.78, 5) is 12.2. The number of thiophene rings is 1. The number of anilines is 1. The Morgan fingerprint density at radius 1 is 1.38 bits per heavy atom. The molecule has 1 aliphatic carbocycles. The molecule has 21 heavy (non-hydrogen) atoms. The normalized spacial score (nSPS) is 17.2. The van der Waals surface area contributed by atoms with Crippen molar-refractivity contribution in [3.05, 3.63) is 51.7 Å². The molecule has 1 atom stereocenters. The lowest BCUT2D eigenvalue weighted by Crippen LogP contribution is -2.31. The topological polar surface area (TPSA) is 55.1 Å². The van der Waals surface area contributed by atoms with Gasteiger partial charge in [-0.1, -0.05) is 6.07 Å². The molecule has 1 aromatic heterocycles. The van der Waals surface area contributed by atoms with E-state index in [2.05, 4.69) is 28.2 Å². The van der Waals surface area contributed by atoms with Gasteiger partial charge >= 0.3 is 0 Å². The summed E-state index contributed by atoms with van der Waals surface area (Å²) in [7, 11) is 0. The molecule has 0 aliphatic heterocycles. The van der Waals surface area contributed by atoms with E-state index in [0.29, 0.717) is 6.42 Å². The monoisotopic (exact) mass is 300 g/mol. The summed E-state index contributed by atoms with van der Waals surface area (Å²) in [6.45, 7) is 0. The van der Waals surface area contributed by atoms with E-state index in [4.69, 9.17) is 5.73 Å². The number of nitrogen functional groups attached to an aromatic ring is 1. The first-order chi connectivity index (χ1) is 10.2. The third kappa shape index (κ3) is 3.45. The van der Waals surface area contributed by atoms with E-state index in [1.807, 2.05) is 12.1 Å². The minimum absolute atomic E-state index is 0.135. The van der Waals surface area contributed by atoms with Crippen molar-refractivity contribution in [1.29, 1.82) is 0 Å². The second-order valence-electron chi connectivity index (χ2n) is 5.60. The van der Waals surface area contributed by atoms with Crippen LogP contribution in [-0.4, -0.2) is 5.91 Å². The number of nitrogens with two attached hydrogens (primary N) is 1. The van der Waals surface area contributed by atoms with Gasteiger partial charge < -0.3 is 11.1 Å². The number of aryl methyl sites for hydroxylation is 2.